The van der Waals surface area contributed by atoms with Crippen LogP contribution in [0.2, 0.25) is 0 Å². The number of aliphatic imine (C=N–C) groups is 1. The number of benzene rings is 2. The van der Waals surface area contributed by atoms with E-state index in [4.69, 9.17) is 18.6 Å². The molecule has 2 aromatic carbocycles. The predicted molar refractivity (Wildman–Crippen MR) is 109 cm³/mol. The zero-order chi connectivity index (χ0) is 18.9. The Balaban J connectivity index is 0.000000758. The van der Waals surface area contributed by atoms with Gasteiger partial charge in [0.05, 0.1) is 5.69 Å². The minimum absolute atomic E-state index is 0.412. The summed E-state index contributed by atoms with van der Waals surface area (Å²) in [5, 5.41) is 10.7. The SMILES string of the molecule is Cc1cc(C=Nc2ccccc2)c(O)c(C2CCC(C)CC2)c1.[Cl][Ti][Cl]. The van der Waals surface area contributed by atoms with Crippen molar-refractivity contribution >= 4 is 30.5 Å². The first-order chi connectivity index (χ1) is 12.5. The molecule has 3 rings (SSSR count). The Labute approximate surface area is 173 Å². The number of rotatable bonds is 3. The van der Waals surface area contributed by atoms with Gasteiger partial charge in [0.15, 0.2) is 0 Å². The molecule has 5 heteroatoms. The molecule has 1 aliphatic carbocycles. The Bertz CT molecular complexity index is 713. The molecule has 1 aliphatic rings. The number of para-hydroxylation sites is 1. The normalized spacial score (nSPS) is 19.7. The number of hydrogen-bond donors (Lipinski definition) is 1. The van der Waals surface area contributed by atoms with Crippen molar-refractivity contribution in [3.63, 3.8) is 0 Å². The fraction of sp³-hybridized carbons (Fsp3) is 0.381. The number of hydrogen-bond acceptors (Lipinski definition) is 2. The van der Waals surface area contributed by atoms with Crippen LogP contribution in [0.25, 0.3) is 0 Å². The molecule has 0 heterocycles. The van der Waals surface area contributed by atoms with Gasteiger partial charge in [-0.2, -0.15) is 0 Å². The molecule has 0 aliphatic heterocycles. The second-order valence-electron chi connectivity index (χ2n) is 6.91. The van der Waals surface area contributed by atoms with Crippen molar-refractivity contribution in [2.45, 2.75) is 45.4 Å². The van der Waals surface area contributed by atoms with Crippen molar-refractivity contribution in [1.29, 1.82) is 0 Å². The third-order valence-corrected chi connectivity index (χ3v) is 4.88. The third-order valence-electron chi connectivity index (χ3n) is 4.88. The molecular weight excluding hydrogens is 401 g/mol. The van der Waals surface area contributed by atoms with Crippen LogP contribution in [0.5, 0.6) is 5.75 Å². The van der Waals surface area contributed by atoms with Gasteiger partial charge in [-0.05, 0) is 60.9 Å². The molecule has 0 saturated heterocycles. The van der Waals surface area contributed by atoms with Crippen molar-refractivity contribution < 1.29 is 22.1 Å². The molecule has 2 nitrogen and oxygen atoms in total. The predicted octanol–water partition coefficient (Wildman–Crippen LogP) is 7.12. The quantitative estimate of drug-likeness (QED) is 0.411. The van der Waals surface area contributed by atoms with Gasteiger partial charge in [0, 0.05) is 11.8 Å². The molecule has 0 radical (unpaired) electrons. The summed E-state index contributed by atoms with van der Waals surface area (Å²) < 4.78 is 0. The summed E-state index contributed by atoms with van der Waals surface area (Å²) >= 11 is -0.556. The van der Waals surface area contributed by atoms with Gasteiger partial charge < -0.3 is 5.11 Å². The first-order valence-electron chi connectivity index (χ1n) is 8.94. The summed E-state index contributed by atoms with van der Waals surface area (Å²) in [6.07, 6.45) is 6.64. The van der Waals surface area contributed by atoms with E-state index in [0.717, 1.165) is 22.7 Å². The molecule has 1 N–H and O–H groups in total. The van der Waals surface area contributed by atoms with Crippen molar-refractivity contribution in [2.75, 3.05) is 0 Å². The van der Waals surface area contributed by atoms with Gasteiger partial charge in [-0.3, -0.25) is 4.99 Å². The molecule has 26 heavy (non-hydrogen) atoms. The van der Waals surface area contributed by atoms with Gasteiger partial charge in [-0.15, -0.1) is 0 Å². The van der Waals surface area contributed by atoms with Crippen molar-refractivity contribution in [2.24, 2.45) is 10.9 Å². The number of nitrogens with zero attached hydrogens (tertiary/aromatic N) is 1. The van der Waals surface area contributed by atoms with Gasteiger partial charge in [0.2, 0.25) is 0 Å². The van der Waals surface area contributed by atoms with E-state index >= 15 is 0 Å². The Hall–Kier alpha value is -0.796. The van der Waals surface area contributed by atoms with E-state index < -0.39 is 17.0 Å². The Morgan fingerprint density at radius 1 is 1.08 bits per heavy atom. The Morgan fingerprint density at radius 2 is 1.69 bits per heavy atom. The average Bonchev–Trinajstić information content (AvgIpc) is 2.64. The molecule has 1 saturated carbocycles. The third kappa shape index (κ3) is 6.42. The summed E-state index contributed by atoms with van der Waals surface area (Å²) in [4.78, 5) is 4.49. The topological polar surface area (TPSA) is 32.6 Å². The molecular formula is C21H25Cl2NOTi. The second kappa shape index (κ2) is 11.1. The monoisotopic (exact) mass is 425 g/mol. The standard InChI is InChI=1S/C21H25NO.2ClH.Ti/c1-15-8-10-17(11-9-15)20-13-16(2)12-18(21(20)23)14-22-19-6-4-3-5-7-19;;;/h3-7,12-15,17,23H,8-11H2,1-2H3;2*1H;/q;;;+2/p-2. The number of phenols is 1. The van der Waals surface area contributed by atoms with Crippen LogP contribution >= 0.6 is 18.6 Å². The van der Waals surface area contributed by atoms with Crippen LogP contribution in [0.4, 0.5) is 5.69 Å². The summed E-state index contributed by atoms with van der Waals surface area (Å²) in [6, 6.07) is 14.0. The van der Waals surface area contributed by atoms with E-state index in [9.17, 15) is 5.11 Å². The van der Waals surface area contributed by atoms with Crippen LogP contribution in [0.3, 0.4) is 0 Å². The van der Waals surface area contributed by atoms with Crippen LogP contribution in [0, 0.1) is 12.8 Å². The number of halogens is 2. The molecule has 2 aromatic rings. The van der Waals surface area contributed by atoms with Crippen LogP contribution in [-0.2, 0) is 17.0 Å². The fourth-order valence-corrected chi connectivity index (χ4v) is 3.47. The Morgan fingerprint density at radius 3 is 2.31 bits per heavy atom. The number of aryl methyl sites for hydroxylation is 1. The van der Waals surface area contributed by atoms with Crippen LogP contribution in [0.1, 0.15) is 55.2 Å². The molecule has 0 amide bonds. The van der Waals surface area contributed by atoms with E-state index in [-0.39, 0.29) is 0 Å². The van der Waals surface area contributed by atoms with E-state index in [1.807, 2.05) is 36.4 Å². The molecule has 0 bridgehead atoms. The summed E-state index contributed by atoms with van der Waals surface area (Å²) in [5.41, 5.74) is 4.02. The molecule has 0 spiro atoms. The van der Waals surface area contributed by atoms with E-state index in [0.29, 0.717) is 11.7 Å². The first-order valence-corrected chi connectivity index (χ1v) is 13.2. The molecule has 0 atom stereocenters. The van der Waals surface area contributed by atoms with Gasteiger partial charge in [-0.1, -0.05) is 44.0 Å². The van der Waals surface area contributed by atoms with Crippen LogP contribution in [-0.4, -0.2) is 11.3 Å². The van der Waals surface area contributed by atoms with Gasteiger partial charge in [-0.25, -0.2) is 0 Å². The average molecular weight is 426 g/mol. The van der Waals surface area contributed by atoms with E-state index in [1.54, 1.807) is 6.21 Å². The van der Waals surface area contributed by atoms with Crippen molar-refractivity contribution in [3.05, 3.63) is 59.2 Å². The molecule has 0 unspecified atom stereocenters. The van der Waals surface area contributed by atoms with Gasteiger partial charge in [0.25, 0.3) is 0 Å². The Kier molecular flexibility index (Phi) is 9.21. The minimum atomic E-state index is -0.556. The summed E-state index contributed by atoms with van der Waals surface area (Å²) in [5.74, 6) is 1.71. The molecule has 1 fully saturated rings. The molecule has 138 valence electrons. The maximum absolute atomic E-state index is 10.7. The van der Waals surface area contributed by atoms with Crippen molar-refractivity contribution in [1.82, 2.24) is 0 Å². The maximum atomic E-state index is 10.7. The zero-order valence-corrected chi connectivity index (χ0v) is 18.3. The van der Waals surface area contributed by atoms with Crippen LogP contribution in [0.15, 0.2) is 47.5 Å². The summed E-state index contributed by atoms with van der Waals surface area (Å²) in [6.45, 7) is 4.42. The zero-order valence-electron chi connectivity index (χ0n) is 15.3. The second-order valence-corrected chi connectivity index (χ2v) is 9.49. The van der Waals surface area contributed by atoms with E-state index in [1.165, 1.54) is 31.2 Å². The molecule has 0 aromatic heterocycles. The van der Waals surface area contributed by atoms with Gasteiger partial charge >= 0.3 is 35.6 Å². The first kappa shape index (κ1) is 21.5. The van der Waals surface area contributed by atoms with Gasteiger partial charge in [0.1, 0.15) is 5.75 Å². The van der Waals surface area contributed by atoms with E-state index in [2.05, 4.69) is 24.9 Å². The summed E-state index contributed by atoms with van der Waals surface area (Å²) in [7, 11) is 9.78. The van der Waals surface area contributed by atoms with Crippen LogP contribution < -0.4 is 0 Å². The fourth-order valence-electron chi connectivity index (χ4n) is 3.47. The van der Waals surface area contributed by atoms with Crippen molar-refractivity contribution in [3.8, 4) is 5.75 Å². The number of aromatic hydroxyl groups is 1. The number of phenolic OH excluding ortho intramolecular Hbond substituents is 1.